The van der Waals surface area contributed by atoms with Gasteiger partial charge in [0.2, 0.25) is 5.16 Å². The second kappa shape index (κ2) is 9.69. The number of tetrazole rings is 1. The number of nitrogens with zero attached hydrogens (tertiary/aromatic N) is 6. The van der Waals surface area contributed by atoms with Crippen molar-refractivity contribution in [1.29, 1.82) is 0 Å². The first kappa shape index (κ1) is 22.3. The molecule has 0 saturated carbocycles. The third kappa shape index (κ3) is 4.65. The van der Waals surface area contributed by atoms with Crippen LogP contribution in [-0.4, -0.2) is 40.9 Å². The van der Waals surface area contributed by atoms with E-state index in [2.05, 4.69) is 15.5 Å². The fraction of sp³-hybridized carbons (Fsp3) is 0.238. The summed E-state index contributed by atoms with van der Waals surface area (Å²) in [5, 5.41) is 11.9. The van der Waals surface area contributed by atoms with Crippen LogP contribution in [0, 0.1) is 0 Å². The summed E-state index contributed by atoms with van der Waals surface area (Å²) in [5.74, 6) is -0.150. The molecule has 2 N–H and O–H groups in total. The number of anilines is 1. The predicted octanol–water partition coefficient (Wildman–Crippen LogP) is 1.26. The molecule has 12 heteroatoms. The highest BCUT2D eigenvalue weighted by Gasteiger charge is 2.23. The van der Waals surface area contributed by atoms with Crippen LogP contribution in [0.15, 0.2) is 67.9 Å². The molecule has 0 unspecified atom stereocenters. The van der Waals surface area contributed by atoms with Gasteiger partial charge in [0.1, 0.15) is 23.7 Å². The maximum atomic E-state index is 13.1. The Bertz CT molecular complexity index is 1370. The van der Waals surface area contributed by atoms with Gasteiger partial charge < -0.3 is 10.2 Å². The summed E-state index contributed by atoms with van der Waals surface area (Å²) in [7, 11) is 0. The van der Waals surface area contributed by atoms with E-state index in [1.807, 2.05) is 30.3 Å². The van der Waals surface area contributed by atoms with Gasteiger partial charge in [-0.1, -0.05) is 42.1 Å². The highest BCUT2D eigenvalue weighted by atomic mass is 32.2. The van der Waals surface area contributed by atoms with Crippen molar-refractivity contribution in [2.45, 2.75) is 31.7 Å². The van der Waals surface area contributed by atoms with E-state index >= 15 is 0 Å². The van der Waals surface area contributed by atoms with Crippen LogP contribution >= 0.6 is 11.8 Å². The molecule has 3 heterocycles. The quantitative estimate of drug-likeness (QED) is 0.284. The summed E-state index contributed by atoms with van der Waals surface area (Å²) >= 11 is 1.07. The van der Waals surface area contributed by atoms with Gasteiger partial charge in [0.15, 0.2) is 5.78 Å². The molecule has 0 aliphatic carbocycles. The molecule has 0 radical (unpaired) electrons. The number of Topliss-reactive ketones (excluding diaryl/α,β-unsaturated/α-hetero) is 1. The fourth-order valence-electron chi connectivity index (χ4n) is 3.33. The van der Waals surface area contributed by atoms with Gasteiger partial charge in [0.05, 0.1) is 18.6 Å². The minimum atomic E-state index is -0.704. The molecule has 0 aliphatic rings. The summed E-state index contributed by atoms with van der Waals surface area (Å²) < 4.78 is 9.05. The number of nitrogens with two attached hydrogens (primary N) is 1. The number of hydrogen-bond acceptors (Lipinski definition) is 9. The topological polar surface area (TPSA) is 144 Å². The largest absolute Gasteiger partial charge is 0.467 e. The molecule has 170 valence electrons. The highest BCUT2D eigenvalue weighted by Crippen LogP contribution is 2.18. The zero-order valence-corrected chi connectivity index (χ0v) is 18.6. The van der Waals surface area contributed by atoms with Crippen LogP contribution in [0.4, 0.5) is 5.82 Å². The van der Waals surface area contributed by atoms with Crippen LogP contribution in [0.1, 0.15) is 28.6 Å². The Hall–Kier alpha value is -3.93. The molecular formula is C21H21N7O4S. The average Bonchev–Trinajstić information content (AvgIpc) is 3.49. The molecule has 0 bridgehead atoms. The molecule has 0 amide bonds. The maximum Gasteiger partial charge on any atom is 0.332 e. The Balaban J connectivity index is 1.61. The number of carbonyl (C=O) groups excluding carboxylic acids is 1. The van der Waals surface area contributed by atoms with E-state index in [0.29, 0.717) is 17.5 Å². The number of nitrogen functional groups attached to an aromatic ring is 1. The molecule has 0 fully saturated rings. The second-order valence-corrected chi connectivity index (χ2v) is 8.02. The van der Waals surface area contributed by atoms with Crippen molar-refractivity contribution in [2.75, 3.05) is 11.5 Å². The highest BCUT2D eigenvalue weighted by molar-refractivity contribution is 7.99. The van der Waals surface area contributed by atoms with Crippen LogP contribution in [0.2, 0.25) is 0 Å². The van der Waals surface area contributed by atoms with Gasteiger partial charge in [-0.15, -0.1) is 5.10 Å². The summed E-state index contributed by atoms with van der Waals surface area (Å²) in [6.07, 6.45) is 1.54. The van der Waals surface area contributed by atoms with Crippen molar-refractivity contribution < 1.29 is 9.21 Å². The summed E-state index contributed by atoms with van der Waals surface area (Å²) in [6.45, 7) is 2.21. The predicted molar refractivity (Wildman–Crippen MR) is 121 cm³/mol. The lowest BCUT2D eigenvalue weighted by Gasteiger charge is -2.15. The lowest BCUT2D eigenvalue weighted by molar-refractivity contribution is 0.102. The SMILES string of the molecule is CCn1c(=O)c(C(=O)CSc2nnnn2Cc2ccco2)c(N)n(Cc2ccccc2)c1=O. The Kier molecular flexibility index (Phi) is 6.54. The first-order valence-electron chi connectivity index (χ1n) is 10.1. The van der Waals surface area contributed by atoms with Gasteiger partial charge in [-0.25, -0.2) is 9.48 Å². The first-order chi connectivity index (χ1) is 16.0. The average molecular weight is 468 g/mol. The van der Waals surface area contributed by atoms with Crippen LogP contribution < -0.4 is 17.0 Å². The number of benzene rings is 1. The number of furan rings is 1. The third-order valence-electron chi connectivity index (χ3n) is 4.96. The number of hydrogen-bond donors (Lipinski definition) is 1. The maximum absolute atomic E-state index is 13.1. The Morgan fingerprint density at radius 1 is 1.09 bits per heavy atom. The van der Waals surface area contributed by atoms with E-state index in [1.165, 1.54) is 9.25 Å². The standard InChI is InChI=1S/C21H21N7O4S/c1-2-26-19(30)17(18(22)27(21(26)31)11-14-7-4-3-5-8-14)16(29)13-33-20-23-24-25-28(20)12-15-9-6-10-32-15/h3-10H,2,11-13,22H2,1H3. The number of rotatable bonds is 9. The summed E-state index contributed by atoms with van der Waals surface area (Å²) in [4.78, 5) is 38.8. The molecule has 33 heavy (non-hydrogen) atoms. The lowest BCUT2D eigenvalue weighted by atomic mass is 10.2. The minimum absolute atomic E-state index is 0.113. The Morgan fingerprint density at radius 2 is 1.88 bits per heavy atom. The second-order valence-electron chi connectivity index (χ2n) is 7.07. The molecule has 4 aromatic rings. The van der Waals surface area contributed by atoms with Crippen molar-refractivity contribution in [2.24, 2.45) is 0 Å². The third-order valence-corrected chi connectivity index (χ3v) is 5.92. The van der Waals surface area contributed by atoms with Gasteiger partial charge in [-0.05, 0) is 35.0 Å². The van der Waals surface area contributed by atoms with Gasteiger partial charge in [0.25, 0.3) is 5.56 Å². The van der Waals surface area contributed by atoms with Gasteiger partial charge in [-0.2, -0.15) is 0 Å². The van der Waals surface area contributed by atoms with Crippen molar-refractivity contribution in [3.05, 3.63) is 86.5 Å². The Morgan fingerprint density at radius 3 is 2.58 bits per heavy atom. The molecule has 0 atom stereocenters. The summed E-state index contributed by atoms with van der Waals surface area (Å²) in [5.41, 5.74) is 5.52. The van der Waals surface area contributed by atoms with Crippen molar-refractivity contribution >= 4 is 23.4 Å². The van der Waals surface area contributed by atoms with Gasteiger partial charge in [-0.3, -0.25) is 18.7 Å². The van der Waals surface area contributed by atoms with E-state index in [0.717, 1.165) is 21.9 Å². The normalized spacial score (nSPS) is 11.1. The molecular weight excluding hydrogens is 446 g/mol. The van der Waals surface area contributed by atoms with Crippen LogP contribution in [0.3, 0.4) is 0 Å². The van der Waals surface area contributed by atoms with Crippen LogP contribution in [-0.2, 0) is 19.6 Å². The van der Waals surface area contributed by atoms with Crippen LogP contribution in [0.5, 0.6) is 0 Å². The molecule has 3 aromatic heterocycles. The fourth-order valence-corrected chi connectivity index (χ4v) is 4.08. The van der Waals surface area contributed by atoms with E-state index in [-0.39, 0.29) is 30.2 Å². The number of ketones is 1. The van der Waals surface area contributed by atoms with E-state index in [1.54, 1.807) is 25.3 Å². The summed E-state index contributed by atoms with van der Waals surface area (Å²) in [6, 6.07) is 12.7. The van der Waals surface area contributed by atoms with Crippen LogP contribution in [0.25, 0.3) is 0 Å². The van der Waals surface area contributed by atoms with Crippen molar-refractivity contribution in [1.82, 2.24) is 29.3 Å². The lowest BCUT2D eigenvalue weighted by Crippen LogP contribution is -2.44. The zero-order valence-electron chi connectivity index (χ0n) is 17.7. The Labute approximate surface area is 191 Å². The zero-order chi connectivity index (χ0) is 23.4. The smallest absolute Gasteiger partial charge is 0.332 e. The number of thioether (sulfide) groups is 1. The molecule has 0 aliphatic heterocycles. The van der Waals surface area contributed by atoms with Gasteiger partial charge >= 0.3 is 5.69 Å². The van der Waals surface area contributed by atoms with Crippen molar-refractivity contribution in [3.8, 4) is 0 Å². The van der Waals surface area contributed by atoms with Crippen molar-refractivity contribution in [3.63, 3.8) is 0 Å². The van der Waals surface area contributed by atoms with E-state index < -0.39 is 17.0 Å². The van der Waals surface area contributed by atoms with Gasteiger partial charge in [0, 0.05) is 6.54 Å². The monoisotopic (exact) mass is 467 g/mol. The molecule has 1 aromatic carbocycles. The molecule has 4 rings (SSSR count). The molecule has 11 nitrogen and oxygen atoms in total. The van der Waals surface area contributed by atoms with E-state index in [4.69, 9.17) is 10.2 Å². The minimum Gasteiger partial charge on any atom is -0.467 e. The number of aromatic nitrogens is 6. The molecule has 0 saturated heterocycles. The van der Waals surface area contributed by atoms with E-state index in [9.17, 15) is 14.4 Å². The first-order valence-corrected chi connectivity index (χ1v) is 11.1. The number of carbonyl (C=O) groups is 1. The molecule has 0 spiro atoms.